The molecule has 2 atom stereocenters. The van der Waals surface area contributed by atoms with E-state index in [0.29, 0.717) is 12.0 Å². The molecule has 1 saturated heterocycles. The van der Waals surface area contributed by atoms with Crippen molar-refractivity contribution >= 4 is 15.7 Å². The van der Waals surface area contributed by atoms with Gasteiger partial charge in [-0.2, -0.15) is 13.2 Å². The Labute approximate surface area is 151 Å². The van der Waals surface area contributed by atoms with Crippen LogP contribution in [0.1, 0.15) is 38.3 Å². The van der Waals surface area contributed by atoms with Gasteiger partial charge in [0.1, 0.15) is 0 Å². The molecule has 1 amide bonds. The lowest BCUT2D eigenvalue weighted by molar-refractivity contribution is -0.195. The summed E-state index contributed by atoms with van der Waals surface area (Å²) in [6, 6.07) is 4.32. The first-order valence-corrected chi connectivity index (χ1v) is 10.3. The van der Waals surface area contributed by atoms with Crippen LogP contribution in [0.4, 0.5) is 13.2 Å². The summed E-state index contributed by atoms with van der Waals surface area (Å²) in [5, 5.41) is 0. The minimum absolute atomic E-state index is 0.00544. The fourth-order valence-corrected chi connectivity index (χ4v) is 5.63. The Balaban J connectivity index is 2.22. The first kappa shape index (κ1) is 19.2. The Hall–Kier alpha value is -1.57. The van der Waals surface area contributed by atoms with Gasteiger partial charge in [-0.3, -0.25) is 4.79 Å². The van der Waals surface area contributed by atoms with Crippen LogP contribution in [-0.4, -0.2) is 44.2 Å². The van der Waals surface area contributed by atoms with E-state index >= 15 is 0 Å². The number of amides is 1. The topological polar surface area (TPSA) is 54.5 Å². The van der Waals surface area contributed by atoms with Crippen molar-refractivity contribution in [2.24, 2.45) is 5.41 Å². The Bertz CT molecular complexity index is 876. The number of sulfone groups is 1. The SMILES string of the molecule is CC1(C)[C@H]2Cc3c(cccc3S(C)(=O)=O)[C@]1(C)CCN2C(=O)C(F)(F)F. The zero-order valence-corrected chi connectivity index (χ0v) is 16.0. The molecule has 8 heteroatoms. The van der Waals surface area contributed by atoms with E-state index in [2.05, 4.69) is 0 Å². The second-order valence-corrected chi connectivity index (χ2v) is 10.1. The highest BCUT2D eigenvalue weighted by atomic mass is 32.2. The molecule has 1 aliphatic heterocycles. The molecule has 3 rings (SSSR count). The van der Waals surface area contributed by atoms with Crippen molar-refractivity contribution in [1.82, 2.24) is 4.90 Å². The molecule has 2 bridgehead atoms. The highest BCUT2D eigenvalue weighted by molar-refractivity contribution is 7.90. The molecular weight excluding hydrogens is 367 g/mol. The molecule has 0 unspecified atom stereocenters. The molecule has 0 spiro atoms. The van der Waals surface area contributed by atoms with Crippen molar-refractivity contribution in [2.75, 3.05) is 12.8 Å². The maximum atomic E-state index is 13.1. The van der Waals surface area contributed by atoms with E-state index in [-0.39, 0.29) is 17.9 Å². The number of piperidine rings is 1. The molecule has 1 aromatic carbocycles. The van der Waals surface area contributed by atoms with Crippen molar-refractivity contribution in [3.63, 3.8) is 0 Å². The third kappa shape index (κ3) is 2.56. The van der Waals surface area contributed by atoms with E-state index in [9.17, 15) is 26.4 Å². The van der Waals surface area contributed by atoms with E-state index < -0.39 is 38.8 Å². The number of carbonyl (C=O) groups is 1. The summed E-state index contributed by atoms with van der Waals surface area (Å²) in [4.78, 5) is 13.0. The van der Waals surface area contributed by atoms with Crippen LogP contribution in [0.5, 0.6) is 0 Å². The molecule has 2 aliphatic rings. The summed E-state index contributed by atoms with van der Waals surface area (Å²) in [6.45, 7) is 5.69. The summed E-state index contributed by atoms with van der Waals surface area (Å²) in [5.74, 6) is -1.85. The molecule has 1 fully saturated rings. The van der Waals surface area contributed by atoms with Crippen molar-refractivity contribution in [3.05, 3.63) is 29.3 Å². The first-order chi connectivity index (χ1) is 11.7. The van der Waals surface area contributed by atoms with Crippen LogP contribution in [0.15, 0.2) is 23.1 Å². The predicted molar refractivity (Wildman–Crippen MR) is 90.6 cm³/mol. The van der Waals surface area contributed by atoms with Gasteiger partial charge in [-0.05, 0) is 35.4 Å². The summed E-state index contributed by atoms with van der Waals surface area (Å²) in [6.07, 6.45) is -3.40. The van der Waals surface area contributed by atoms with E-state index in [1.165, 1.54) is 6.07 Å². The second kappa shape index (κ2) is 5.47. The van der Waals surface area contributed by atoms with Gasteiger partial charge in [0.05, 0.1) is 4.90 Å². The highest BCUT2D eigenvalue weighted by Crippen LogP contribution is 2.57. The standard InChI is InChI=1S/C18H22F3NO3S/c1-16(2)14-10-11-12(6-5-7-13(11)26(4,24)25)17(16,3)8-9-22(14)15(23)18(19,20)21/h5-7,14H,8-10H2,1-4H3/t14-,17+/m1/s1. The predicted octanol–water partition coefficient (Wildman–Crippen LogP) is 3.09. The van der Waals surface area contributed by atoms with Gasteiger partial charge in [-0.1, -0.05) is 32.9 Å². The maximum absolute atomic E-state index is 13.1. The van der Waals surface area contributed by atoms with Crippen molar-refractivity contribution < 1.29 is 26.4 Å². The summed E-state index contributed by atoms with van der Waals surface area (Å²) >= 11 is 0. The van der Waals surface area contributed by atoms with Crippen LogP contribution < -0.4 is 0 Å². The van der Waals surface area contributed by atoms with E-state index in [0.717, 1.165) is 16.7 Å². The summed E-state index contributed by atoms with van der Waals surface area (Å²) in [7, 11) is -3.53. The van der Waals surface area contributed by atoms with E-state index in [1.807, 2.05) is 26.8 Å². The minimum atomic E-state index is -4.94. The normalized spacial score (nSPS) is 27.8. The molecule has 0 aromatic heterocycles. The fraction of sp³-hybridized carbons (Fsp3) is 0.611. The Morgan fingerprint density at radius 1 is 1.23 bits per heavy atom. The van der Waals surface area contributed by atoms with Crippen LogP contribution in [0, 0.1) is 5.41 Å². The number of likely N-dealkylation sites (tertiary alicyclic amines) is 1. The van der Waals surface area contributed by atoms with Crippen molar-refractivity contribution in [2.45, 2.75) is 56.1 Å². The van der Waals surface area contributed by atoms with Gasteiger partial charge in [0.2, 0.25) is 0 Å². The van der Waals surface area contributed by atoms with Gasteiger partial charge >= 0.3 is 12.1 Å². The number of hydrogen-bond donors (Lipinski definition) is 0. The molecule has 1 aliphatic carbocycles. The van der Waals surface area contributed by atoms with E-state index in [1.54, 1.807) is 6.07 Å². The molecule has 1 heterocycles. The molecule has 0 radical (unpaired) electrons. The molecule has 144 valence electrons. The van der Waals surface area contributed by atoms with Gasteiger partial charge in [0.15, 0.2) is 9.84 Å². The molecule has 1 aromatic rings. The molecule has 0 N–H and O–H groups in total. The summed E-state index contributed by atoms with van der Waals surface area (Å²) in [5.41, 5.74) is 0.256. The van der Waals surface area contributed by atoms with Gasteiger partial charge in [0.25, 0.3) is 0 Å². The zero-order chi connectivity index (χ0) is 19.7. The van der Waals surface area contributed by atoms with Crippen molar-refractivity contribution in [1.29, 1.82) is 0 Å². The fourth-order valence-electron chi connectivity index (χ4n) is 4.67. The van der Waals surface area contributed by atoms with Crippen LogP contribution in [0.2, 0.25) is 0 Å². The number of rotatable bonds is 1. The number of halogens is 3. The summed E-state index contributed by atoms with van der Waals surface area (Å²) < 4.78 is 63.7. The van der Waals surface area contributed by atoms with Crippen LogP contribution >= 0.6 is 0 Å². The molecular formula is C18H22F3NO3S. The van der Waals surface area contributed by atoms with Crippen molar-refractivity contribution in [3.8, 4) is 0 Å². The van der Waals surface area contributed by atoms with Gasteiger partial charge in [-0.15, -0.1) is 0 Å². The maximum Gasteiger partial charge on any atom is 0.471 e. The monoisotopic (exact) mass is 389 g/mol. The number of hydrogen-bond acceptors (Lipinski definition) is 3. The number of benzene rings is 1. The number of alkyl halides is 3. The zero-order valence-electron chi connectivity index (χ0n) is 15.1. The quantitative estimate of drug-likeness (QED) is 0.742. The molecule has 26 heavy (non-hydrogen) atoms. The minimum Gasteiger partial charge on any atom is -0.331 e. The third-order valence-corrected chi connectivity index (χ3v) is 7.69. The first-order valence-electron chi connectivity index (χ1n) is 8.41. The smallest absolute Gasteiger partial charge is 0.331 e. The molecule has 4 nitrogen and oxygen atoms in total. The lowest BCUT2D eigenvalue weighted by atomic mass is 9.51. The van der Waals surface area contributed by atoms with Crippen LogP contribution in [-0.2, 0) is 26.5 Å². The van der Waals surface area contributed by atoms with Crippen LogP contribution in [0.3, 0.4) is 0 Å². The van der Waals surface area contributed by atoms with Gasteiger partial charge < -0.3 is 4.90 Å². The van der Waals surface area contributed by atoms with Gasteiger partial charge in [-0.25, -0.2) is 8.42 Å². The lowest BCUT2D eigenvalue weighted by Gasteiger charge is -2.60. The number of carbonyl (C=O) groups excluding carboxylic acids is 1. The molecule has 0 saturated carbocycles. The lowest BCUT2D eigenvalue weighted by Crippen LogP contribution is -2.66. The largest absolute Gasteiger partial charge is 0.471 e. The van der Waals surface area contributed by atoms with Gasteiger partial charge in [0, 0.05) is 24.3 Å². The Kier molecular flexibility index (Phi) is 4.04. The Morgan fingerprint density at radius 3 is 2.38 bits per heavy atom. The van der Waals surface area contributed by atoms with E-state index in [4.69, 9.17) is 0 Å². The average molecular weight is 389 g/mol. The number of nitrogens with zero attached hydrogens (tertiary/aromatic N) is 1. The number of fused-ring (bicyclic) bond motifs is 4. The Morgan fingerprint density at radius 2 is 1.85 bits per heavy atom. The highest BCUT2D eigenvalue weighted by Gasteiger charge is 2.59. The third-order valence-electron chi connectivity index (χ3n) is 6.51. The van der Waals surface area contributed by atoms with Crippen LogP contribution in [0.25, 0.3) is 0 Å². The second-order valence-electron chi connectivity index (χ2n) is 8.07. The average Bonchev–Trinajstić information content (AvgIpc) is 2.48.